The van der Waals surface area contributed by atoms with Gasteiger partial charge in [-0.2, -0.15) is 5.26 Å². The summed E-state index contributed by atoms with van der Waals surface area (Å²) in [7, 11) is 1.41. The standard InChI is InChI=1S/C50H61N11O7/c1-6-7-8-33-9-11-34(12-10-33)14-18-43-56-30(2)44(31(3)57-43)48(64)59-39(19-20-51)50(66)61(5)45-36-15-17-42(68-26-23-54)38(29-36)37-27-35(13-16-41(37)67-25-22-53)28-40(47(63)55-24-21-52)60-46(62)32(4)58-49(45)65/h9-13,15-17,27,29,32,39-40,45H,6-8,19-20,22-26,28,51,53-54H2,1-5H3,(H,55,63)(H,58,65)(H,59,64)(H,60,62)/t32-,39-,40-,45-/m0/s1. The van der Waals surface area contributed by atoms with Crippen LogP contribution in [-0.2, 0) is 32.0 Å². The molecule has 10 N–H and O–H groups in total. The first-order valence-corrected chi connectivity index (χ1v) is 22.7. The Kier molecular flexibility index (Phi) is 18.9. The average Bonchev–Trinajstić information content (AvgIpc) is 3.32. The second-order valence-corrected chi connectivity index (χ2v) is 16.3. The van der Waals surface area contributed by atoms with Crippen LogP contribution in [0.2, 0.25) is 0 Å². The van der Waals surface area contributed by atoms with Crippen molar-refractivity contribution in [3.8, 4) is 40.5 Å². The summed E-state index contributed by atoms with van der Waals surface area (Å²) in [5, 5.41) is 19.9. The smallest absolute Gasteiger partial charge is 0.255 e. The molecular formula is C50H61N11O7. The Balaban J connectivity index is 1.53. The van der Waals surface area contributed by atoms with E-state index in [0.717, 1.165) is 24.8 Å². The molecule has 0 radical (unpaired) electrons. The summed E-state index contributed by atoms with van der Waals surface area (Å²) in [5.74, 6) is 3.67. The molecule has 0 spiro atoms. The number of carbonyl (C=O) groups excluding carboxylic acids is 5. The Hall–Kier alpha value is -7.38. The van der Waals surface area contributed by atoms with Gasteiger partial charge < -0.3 is 52.8 Å². The topological polar surface area (TPSA) is 283 Å². The third-order valence-corrected chi connectivity index (χ3v) is 11.2. The summed E-state index contributed by atoms with van der Waals surface area (Å²) in [6.07, 6.45) is 3.20. The molecule has 18 nitrogen and oxygen atoms in total. The fraction of sp³-hybridized carbons (Fsp3) is 0.400. The third kappa shape index (κ3) is 13.4. The normalized spacial score (nSPS) is 16.0. The quantitative estimate of drug-likeness (QED) is 0.0590. The van der Waals surface area contributed by atoms with Gasteiger partial charge in [0.05, 0.1) is 23.0 Å². The number of carbonyl (C=O) groups is 5. The van der Waals surface area contributed by atoms with Crippen LogP contribution >= 0.6 is 0 Å². The summed E-state index contributed by atoms with van der Waals surface area (Å²) in [6.45, 7) is 7.24. The van der Waals surface area contributed by atoms with E-state index in [0.29, 0.717) is 45.1 Å². The predicted octanol–water partition coefficient (Wildman–Crippen LogP) is 2.01. The van der Waals surface area contributed by atoms with Crippen LogP contribution in [0.4, 0.5) is 0 Å². The van der Waals surface area contributed by atoms with Crippen molar-refractivity contribution in [2.24, 2.45) is 17.2 Å². The van der Waals surface area contributed by atoms with Gasteiger partial charge in [-0.1, -0.05) is 43.5 Å². The highest BCUT2D eigenvalue weighted by Crippen LogP contribution is 2.40. The second-order valence-electron chi connectivity index (χ2n) is 16.3. The molecular weight excluding hydrogens is 867 g/mol. The minimum Gasteiger partial charge on any atom is -0.492 e. The number of nitrogens with zero attached hydrogens (tertiary/aromatic N) is 4. The lowest BCUT2D eigenvalue weighted by atomic mass is 9.93. The fourth-order valence-electron chi connectivity index (χ4n) is 7.72. The van der Waals surface area contributed by atoms with Crippen molar-refractivity contribution in [2.75, 3.05) is 46.4 Å². The first kappa shape index (κ1) is 51.6. The molecule has 1 aromatic heterocycles. The molecule has 4 bridgehead atoms. The number of nitrogens with one attached hydrogen (secondary N) is 4. The lowest BCUT2D eigenvalue weighted by molar-refractivity contribution is -0.141. The number of unbranched alkanes of at least 4 members (excludes halogenated alkanes) is 1. The van der Waals surface area contributed by atoms with Gasteiger partial charge in [0, 0.05) is 43.2 Å². The van der Waals surface area contributed by atoms with Crippen molar-refractivity contribution >= 4 is 29.5 Å². The summed E-state index contributed by atoms with van der Waals surface area (Å²) >= 11 is 0. The molecule has 4 aromatic rings. The molecule has 1 aliphatic rings. The van der Waals surface area contributed by atoms with E-state index in [1.165, 1.54) is 24.4 Å². The molecule has 0 saturated heterocycles. The number of nitrogens with two attached hydrogens (primary N) is 3. The van der Waals surface area contributed by atoms with Crippen LogP contribution in [0.3, 0.4) is 0 Å². The van der Waals surface area contributed by atoms with E-state index in [4.69, 9.17) is 26.7 Å². The monoisotopic (exact) mass is 927 g/mol. The fourth-order valence-corrected chi connectivity index (χ4v) is 7.72. The number of hydrogen-bond acceptors (Lipinski definition) is 13. The molecule has 4 atom stereocenters. The van der Waals surface area contributed by atoms with Gasteiger partial charge in [-0.25, -0.2) is 9.97 Å². The van der Waals surface area contributed by atoms with Crippen molar-refractivity contribution in [1.82, 2.24) is 36.1 Å². The van der Waals surface area contributed by atoms with Gasteiger partial charge >= 0.3 is 0 Å². The first-order chi connectivity index (χ1) is 32.7. The van der Waals surface area contributed by atoms with Gasteiger partial charge in [-0.15, -0.1) is 0 Å². The van der Waals surface area contributed by atoms with E-state index >= 15 is 0 Å². The molecule has 2 heterocycles. The maximum Gasteiger partial charge on any atom is 0.255 e. The van der Waals surface area contributed by atoms with Gasteiger partial charge in [0.15, 0.2) is 0 Å². The average molecular weight is 928 g/mol. The molecule has 5 amide bonds. The molecule has 0 aliphatic carbocycles. The second kappa shape index (κ2) is 24.9. The zero-order valence-electron chi connectivity index (χ0n) is 39.2. The van der Waals surface area contributed by atoms with Crippen molar-refractivity contribution in [1.29, 1.82) is 5.26 Å². The molecule has 0 saturated carbocycles. The number of nitriles is 1. The number of likely N-dealkylation sites (N-methyl/N-ethyl adjacent to an activating group) is 1. The van der Waals surface area contributed by atoms with E-state index in [9.17, 15) is 29.2 Å². The molecule has 3 aromatic carbocycles. The van der Waals surface area contributed by atoms with E-state index in [1.807, 2.05) is 18.2 Å². The van der Waals surface area contributed by atoms with Crippen LogP contribution in [0, 0.1) is 37.0 Å². The number of aryl methyl sites for hydroxylation is 3. The maximum atomic E-state index is 14.7. The Morgan fingerprint density at radius 2 is 1.53 bits per heavy atom. The summed E-state index contributed by atoms with van der Waals surface area (Å²) in [5.41, 5.74) is 22.4. The Bertz CT molecular complexity index is 2540. The van der Waals surface area contributed by atoms with E-state index in [2.05, 4.69) is 62.1 Å². The third-order valence-electron chi connectivity index (χ3n) is 11.2. The number of ether oxygens (including phenoxy) is 2. The Labute approximate surface area is 397 Å². The molecule has 358 valence electrons. The number of benzene rings is 3. The number of rotatable bonds is 17. The molecule has 68 heavy (non-hydrogen) atoms. The van der Waals surface area contributed by atoms with Crippen LogP contribution in [-0.4, -0.2) is 109 Å². The maximum absolute atomic E-state index is 14.7. The lowest BCUT2D eigenvalue weighted by Gasteiger charge is -2.32. The number of fused-ring (bicyclic) bond motifs is 5. The van der Waals surface area contributed by atoms with Crippen molar-refractivity contribution < 1.29 is 33.4 Å². The zero-order valence-corrected chi connectivity index (χ0v) is 39.2. The van der Waals surface area contributed by atoms with Gasteiger partial charge in [-0.05, 0) is 106 Å². The van der Waals surface area contributed by atoms with Gasteiger partial charge in [0.1, 0.15) is 55.4 Å². The molecule has 1 aliphatic heterocycles. The van der Waals surface area contributed by atoms with Gasteiger partial charge in [0.2, 0.25) is 29.5 Å². The van der Waals surface area contributed by atoms with Crippen LogP contribution in [0.1, 0.15) is 89.0 Å². The number of hydrogen-bond donors (Lipinski definition) is 7. The minimum atomic E-state index is -1.41. The SMILES string of the molecule is CCCCc1ccc(C#Cc2nc(C)c(C(=O)N[C@@H](CCN)C(=O)N(C)[C@@H]3C(=O)N[C@@H](C)C(=O)N[C@H](C(=O)NCC#N)Cc4ccc(OCCN)c(c4)-c4cc3ccc4OCCN)c(C)n2)cc1. The highest BCUT2D eigenvalue weighted by atomic mass is 16.5. The predicted molar refractivity (Wildman–Crippen MR) is 256 cm³/mol. The summed E-state index contributed by atoms with van der Waals surface area (Å²) in [6, 6.07) is 15.0. The molecule has 0 fully saturated rings. The summed E-state index contributed by atoms with van der Waals surface area (Å²) in [4.78, 5) is 80.7. The minimum absolute atomic E-state index is 0.00173. The van der Waals surface area contributed by atoms with Crippen LogP contribution in [0.25, 0.3) is 11.1 Å². The van der Waals surface area contributed by atoms with E-state index < -0.39 is 53.7 Å². The van der Waals surface area contributed by atoms with Crippen LogP contribution < -0.4 is 47.9 Å². The molecule has 5 rings (SSSR count). The van der Waals surface area contributed by atoms with E-state index in [-0.39, 0.29) is 63.6 Å². The molecule has 0 unspecified atom stereocenters. The first-order valence-electron chi connectivity index (χ1n) is 22.7. The van der Waals surface area contributed by atoms with Gasteiger partial charge in [0.25, 0.3) is 5.91 Å². The van der Waals surface area contributed by atoms with Gasteiger partial charge in [-0.3, -0.25) is 24.0 Å². The van der Waals surface area contributed by atoms with Crippen LogP contribution in [0.5, 0.6) is 11.5 Å². The summed E-state index contributed by atoms with van der Waals surface area (Å²) < 4.78 is 12.2. The lowest BCUT2D eigenvalue weighted by Crippen LogP contribution is -2.56. The Morgan fingerprint density at radius 3 is 2.15 bits per heavy atom. The van der Waals surface area contributed by atoms with E-state index in [1.54, 1.807) is 50.2 Å². The van der Waals surface area contributed by atoms with Crippen molar-refractivity contribution in [3.63, 3.8) is 0 Å². The van der Waals surface area contributed by atoms with Crippen molar-refractivity contribution in [2.45, 2.75) is 84.0 Å². The highest BCUT2D eigenvalue weighted by Gasteiger charge is 2.36. The zero-order chi connectivity index (χ0) is 49.3. The van der Waals surface area contributed by atoms with Crippen molar-refractivity contribution in [3.05, 3.63) is 106 Å². The Morgan fingerprint density at radius 1 is 0.882 bits per heavy atom. The number of aromatic nitrogens is 2. The number of amides is 5. The largest absolute Gasteiger partial charge is 0.492 e. The van der Waals surface area contributed by atoms with Crippen LogP contribution in [0.15, 0.2) is 60.7 Å². The molecule has 18 heteroatoms. The highest BCUT2D eigenvalue weighted by molar-refractivity contribution is 6.00.